The number of amides is 1. The zero-order chi connectivity index (χ0) is 7.98. The van der Waals surface area contributed by atoms with Crippen LogP contribution in [0.4, 0.5) is 0 Å². The molecule has 58 valence electrons. The molecular weight excluding hydrogens is 130 g/mol. The molecular formula is C7H13NO2. The van der Waals surface area contributed by atoms with Crippen LogP contribution in [0.25, 0.3) is 0 Å². The van der Waals surface area contributed by atoms with Crippen LogP contribution in [0.1, 0.15) is 20.3 Å². The van der Waals surface area contributed by atoms with Gasteiger partial charge in [0.1, 0.15) is 6.29 Å². The molecule has 0 radical (unpaired) electrons. The quantitative estimate of drug-likeness (QED) is 0.535. The summed E-state index contributed by atoms with van der Waals surface area (Å²) in [6.45, 7) is 4.34. The molecule has 0 aliphatic rings. The maximum absolute atomic E-state index is 10.7. The predicted molar refractivity (Wildman–Crippen MR) is 38.6 cm³/mol. The highest BCUT2D eigenvalue weighted by Gasteiger charge is 2.04. The SMILES string of the molecule is CCCN(CC=O)C(C)=O. The number of carbonyl (C=O) groups is 2. The Morgan fingerprint density at radius 1 is 1.60 bits per heavy atom. The fourth-order valence-electron chi connectivity index (χ4n) is 0.737. The number of hydrogen-bond donors (Lipinski definition) is 0. The summed E-state index contributed by atoms with van der Waals surface area (Å²) in [4.78, 5) is 22.2. The third kappa shape index (κ3) is 3.22. The molecule has 0 aromatic carbocycles. The van der Waals surface area contributed by atoms with E-state index in [2.05, 4.69) is 0 Å². The van der Waals surface area contributed by atoms with Crippen molar-refractivity contribution in [1.29, 1.82) is 0 Å². The summed E-state index contributed by atoms with van der Waals surface area (Å²) in [5, 5.41) is 0. The van der Waals surface area contributed by atoms with Crippen molar-refractivity contribution in [2.45, 2.75) is 20.3 Å². The van der Waals surface area contributed by atoms with Gasteiger partial charge in [-0.05, 0) is 6.42 Å². The van der Waals surface area contributed by atoms with Gasteiger partial charge in [0.05, 0.1) is 6.54 Å². The molecule has 0 aromatic rings. The van der Waals surface area contributed by atoms with Crippen LogP contribution in [0.2, 0.25) is 0 Å². The first-order chi connectivity index (χ1) is 4.72. The first kappa shape index (κ1) is 9.14. The standard InChI is InChI=1S/C7H13NO2/c1-3-4-8(5-6-9)7(2)10/h6H,3-5H2,1-2H3. The fraction of sp³-hybridized carbons (Fsp3) is 0.714. The molecule has 0 unspecified atom stereocenters. The van der Waals surface area contributed by atoms with E-state index in [0.717, 1.165) is 12.7 Å². The van der Waals surface area contributed by atoms with Crippen molar-refractivity contribution in [1.82, 2.24) is 4.90 Å². The molecule has 0 atom stereocenters. The van der Waals surface area contributed by atoms with Crippen LogP contribution in [0, 0.1) is 0 Å². The van der Waals surface area contributed by atoms with Crippen LogP contribution in [0.3, 0.4) is 0 Å². The Kier molecular flexibility index (Phi) is 4.54. The summed E-state index contributed by atoms with van der Waals surface area (Å²) >= 11 is 0. The lowest BCUT2D eigenvalue weighted by molar-refractivity contribution is -0.130. The van der Waals surface area contributed by atoms with Gasteiger partial charge < -0.3 is 9.69 Å². The minimum atomic E-state index is -0.0334. The van der Waals surface area contributed by atoms with Gasteiger partial charge in [-0.1, -0.05) is 6.92 Å². The topological polar surface area (TPSA) is 37.4 Å². The summed E-state index contributed by atoms with van der Waals surface area (Å²) < 4.78 is 0. The molecule has 0 saturated carbocycles. The van der Waals surface area contributed by atoms with E-state index in [9.17, 15) is 9.59 Å². The van der Waals surface area contributed by atoms with Crippen LogP contribution in [-0.2, 0) is 9.59 Å². The highest BCUT2D eigenvalue weighted by molar-refractivity contribution is 5.75. The van der Waals surface area contributed by atoms with Crippen LogP contribution in [-0.4, -0.2) is 30.2 Å². The zero-order valence-electron chi connectivity index (χ0n) is 6.46. The van der Waals surface area contributed by atoms with Gasteiger partial charge in [-0.2, -0.15) is 0 Å². The normalized spacial score (nSPS) is 9.00. The van der Waals surface area contributed by atoms with Crippen molar-refractivity contribution >= 4 is 12.2 Å². The third-order valence-corrected chi connectivity index (χ3v) is 1.23. The monoisotopic (exact) mass is 143 g/mol. The highest BCUT2D eigenvalue weighted by Crippen LogP contribution is 1.89. The second kappa shape index (κ2) is 4.97. The van der Waals surface area contributed by atoms with Gasteiger partial charge >= 0.3 is 0 Å². The largest absolute Gasteiger partial charge is 0.336 e. The Bertz CT molecular complexity index is 123. The van der Waals surface area contributed by atoms with Gasteiger partial charge in [-0.15, -0.1) is 0 Å². The fourth-order valence-corrected chi connectivity index (χ4v) is 0.737. The van der Waals surface area contributed by atoms with Gasteiger partial charge in [0, 0.05) is 13.5 Å². The molecule has 0 bridgehead atoms. The Hall–Kier alpha value is -0.860. The van der Waals surface area contributed by atoms with E-state index in [1.54, 1.807) is 0 Å². The summed E-state index contributed by atoms with van der Waals surface area (Å²) in [6, 6.07) is 0. The maximum Gasteiger partial charge on any atom is 0.219 e. The van der Waals surface area contributed by atoms with E-state index in [-0.39, 0.29) is 12.5 Å². The molecule has 0 aliphatic heterocycles. The number of aldehydes is 1. The predicted octanol–water partition coefficient (Wildman–Crippen LogP) is 0.444. The summed E-state index contributed by atoms with van der Waals surface area (Å²) in [7, 11) is 0. The number of hydrogen-bond acceptors (Lipinski definition) is 2. The average molecular weight is 143 g/mol. The molecule has 1 amide bonds. The van der Waals surface area contributed by atoms with Gasteiger partial charge in [0.15, 0.2) is 0 Å². The number of carbonyl (C=O) groups excluding carboxylic acids is 2. The molecule has 0 heterocycles. The van der Waals surface area contributed by atoms with Gasteiger partial charge in [-0.3, -0.25) is 4.79 Å². The number of rotatable bonds is 4. The van der Waals surface area contributed by atoms with Crippen molar-refractivity contribution in [3.05, 3.63) is 0 Å². The smallest absolute Gasteiger partial charge is 0.219 e. The van der Waals surface area contributed by atoms with Gasteiger partial charge in [0.25, 0.3) is 0 Å². The Morgan fingerprint density at radius 2 is 2.20 bits per heavy atom. The minimum Gasteiger partial charge on any atom is -0.336 e. The van der Waals surface area contributed by atoms with Crippen molar-refractivity contribution in [3.8, 4) is 0 Å². The lowest BCUT2D eigenvalue weighted by Crippen LogP contribution is -2.31. The van der Waals surface area contributed by atoms with E-state index in [1.165, 1.54) is 11.8 Å². The molecule has 0 rings (SSSR count). The molecule has 3 nitrogen and oxygen atoms in total. The Labute approximate surface area is 61.0 Å². The van der Waals surface area contributed by atoms with Crippen LogP contribution >= 0.6 is 0 Å². The molecule has 0 aliphatic carbocycles. The third-order valence-electron chi connectivity index (χ3n) is 1.23. The molecule has 0 N–H and O–H groups in total. The molecule has 10 heavy (non-hydrogen) atoms. The number of nitrogens with zero attached hydrogens (tertiary/aromatic N) is 1. The maximum atomic E-state index is 10.7. The van der Waals surface area contributed by atoms with Gasteiger partial charge in [0.2, 0.25) is 5.91 Å². The van der Waals surface area contributed by atoms with Crippen LogP contribution < -0.4 is 0 Å². The Morgan fingerprint density at radius 3 is 2.50 bits per heavy atom. The van der Waals surface area contributed by atoms with Crippen molar-refractivity contribution < 1.29 is 9.59 Å². The molecule has 3 heteroatoms. The van der Waals surface area contributed by atoms with Crippen molar-refractivity contribution in [3.63, 3.8) is 0 Å². The zero-order valence-corrected chi connectivity index (χ0v) is 6.46. The summed E-state index contributed by atoms with van der Waals surface area (Å²) in [5.74, 6) is -0.0334. The molecule has 0 aromatic heterocycles. The summed E-state index contributed by atoms with van der Waals surface area (Å²) in [5.41, 5.74) is 0. The first-order valence-electron chi connectivity index (χ1n) is 3.41. The second-order valence-corrected chi connectivity index (χ2v) is 2.13. The van der Waals surface area contributed by atoms with E-state index in [1.807, 2.05) is 6.92 Å². The van der Waals surface area contributed by atoms with E-state index < -0.39 is 0 Å². The first-order valence-corrected chi connectivity index (χ1v) is 3.41. The average Bonchev–Trinajstić information content (AvgIpc) is 1.87. The van der Waals surface area contributed by atoms with Crippen molar-refractivity contribution in [2.24, 2.45) is 0 Å². The van der Waals surface area contributed by atoms with Crippen LogP contribution in [0.15, 0.2) is 0 Å². The second-order valence-electron chi connectivity index (χ2n) is 2.13. The van der Waals surface area contributed by atoms with E-state index >= 15 is 0 Å². The van der Waals surface area contributed by atoms with Crippen molar-refractivity contribution in [2.75, 3.05) is 13.1 Å². The van der Waals surface area contributed by atoms with Crippen LogP contribution in [0.5, 0.6) is 0 Å². The van der Waals surface area contributed by atoms with E-state index in [4.69, 9.17) is 0 Å². The Balaban J connectivity index is 3.71. The van der Waals surface area contributed by atoms with Gasteiger partial charge in [-0.25, -0.2) is 0 Å². The summed E-state index contributed by atoms with van der Waals surface area (Å²) in [6.07, 6.45) is 1.64. The molecule has 0 fully saturated rings. The minimum absolute atomic E-state index is 0.0334. The lowest BCUT2D eigenvalue weighted by atomic mass is 10.4. The molecule has 0 spiro atoms. The van der Waals surface area contributed by atoms with E-state index in [0.29, 0.717) is 6.54 Å². The highest BCUT2D eigenvalue weighted by atomic mass is 16.2. The molecule has 0 saturated heterocycles. The lowest BCUT2D eigenvalue weighted by Gasteiger charge is -2.15.